The highest BCUT2D eigenvalue weighted by atomic mass is 16.3. The summed E-state index contributed by atoms with van der Waals surface area (Å²) in [4.78, 5) is 4.76. The lowest BCUT2D eigenvalue weighted by Crippen LogP contribution is -2.14. The molecule has 12 aromatic rings. The van der Waals surface area contributed by atoms with Crippen molar-refractivity contribution in [3.05, 3.63) is 218 Å². The average molecular weight is 769 g/mol. The first-order chi connectivity index (χ1) is 29.7. The summed E-state index contributed by atoms with van der Waals surface area (Å²) in [6.45, 7) is 0. The summed E-state index contributed by atoms with van der Waals surface area (Å²) in [6.07, 6.45) is 0. The van der Waals surface area contributed by atoms with Crippen molar-refractivity contribution in [1.29, 1.82) is 0 Å². The van der Waals surface area contributed by atoms with E-state index in [0.717, 1.165) is 94.5 Å². The summed E-state index contributed by atoms with van der Waals surface area (Å²) in [5, 5.41) is 9.12. The Morgan fingerprint density at radius 3 is 1.70 bits per heavy atom. The van der Waals surface area contributed by atoms with Crippen molar-refractivity contribution in [2.24, 2.45) is 0 Å². The van der Waals surface area contributed by atoms with E-state index in [1.54, 1.807) is 0 Å². The van der Waals surface area contributed by atoms with Crippen molar-refractivity contribution in [1.82, 2.24) is 0 Å². The third kappa shape index (κ3) is 5.53. The van der Waals surface area contributed by atoms with Gasteiger partial charge in [0.15, 0.2) is 0 Å². The molecule has 0 radical (unpaired) electrons. The van der Waals surface area contributed by atoms with Crippen LogP contribution in [-0.4, -0.2) is 0 Å². The van der Waals surface area contributed by atoms with Gasteiger partial charge in [-0.3, -0.25) is 0 Å². The van der Waals surface area contributed by atoms with Crippen LogP contribution in [0.1, 0.15) is 0 Å². The Kier molecular flexibility index (Phi) is 7.82. The van der Waals surface area contributed by atoms with Gasteiger partial charge in [-0.05, 0) is 112 Å². The molecule has 10 aromatic carbocycles. The first-order valence-electron chi connectivity index (χ1n) is 20.3. The maximum absolute atomic E-state index is 6.47. The Morgan fingerprint density at radius 2 is 0.850 bits per heavy atom. The van der Waals surface area contributed by atoms with Crippen LogP contribution in [0.4, 0.5) is 34.1 Å². The number of anilines is 6. The Hall–Kier alpha value is -8.08. The summed E-state index contributed by atoms with van der Waals surface area (Å²) in [7, 11) is 0. The van der Waals surface area contributed by atoms with E-state index < -0.39 is 0 Å². The molecule has 0 saturated carbocycles. The van der Waals surface area contributed by atoms with Gasteiger partial charge < -0.3 is 18.6 Å². The van der Waals surface area contributed by atoms with E-state index in [1.165, 1.54) is 16.2 Å². The van der Waals surface area contributed by atoms with Crippen molar-refractivity contribution in [2.75, 3.05) is 9.80 Å². The second-order valence-electron chi connectivity index (χ2n) is 15.3. The van der Waals surface area contributed by atoms with E-state index in [9.17, 15) is 0 Å². The Bertz CT molecular complexity index is 3570. The van der Waals surface area contributed by atoms with Crippen LogP contribution in [0.5, 0.6) is 0 Å². The summed E-state index contributed by atoms with van der Waals surface area (Å²) in [5.74, 6) is 0. The van der Waals surface area contributed by atoms with Crippen LogP contribution in [0.3, 0.4) is 0 Å². The molecule has 0 aliphatic rings. The van der Waals surface area contributed by atoms with E-state index in [2.05, 4.69) is 204 Å². The Morgan fingerprint density at radius 1 is 0.283 bits per heavy atom. The van der Waals surface area contributed by atoms with Crippen LogP contribution in [0.25, 0.3) is 76.5 Å². The van der Waals surface area contributed by atoms with Crippen molar-refractivity contribution in [2.45, 2.75) is 0 Å². The highest BCUT2D eigenvalue weighted by Gasteiger charge is 2.23. The zero-order valence-electron chi connectivity index (χ0n) is 32.5. The second kappa shape index (κ2) is 13.8. The fourth-order valence-corrected chi connectivity index (χ4v) is 9.08. The summed E-state index contributed by atoms with van der Waals surface area (Å²) < 4.78 is 12.8. The highest BCUT2D eigenvalue weighted by molar-refractivity contribution is 6.17. The van der Waals surface area contributed by atoms with Crippen LogP contribution in [0, 0.1) is 0 Å². The molecule has 0 saturated heterocycles. The predicted octanol–water partition coefficient (Wildman–Crippen LogP) is 16.4. The van der Waals surface area contributed by atoms with Crippen molar-refractivity contribution in [3.63, 3.8) is 0 Å². The molecule has 0 amide bonds. The van der Waals surface area contributed by atoms with E-state index in [-0.39, 0.29) is 0 Å². The molecule has 4 heteroatoms. The van der Waals surface area contributed by atoms with Crippen LogP contribution < -0.4 is 9.80 Å². The largest absolute Gasteiger partial charge is 0.456 e. The first-order valence-corrected chi connectivity index (χ1v) is 20.3. The molecule has 4 nitrogen and oxygen atoms in total. The molecule has 2 heterocycles. The molecule has 0 fully saturated rings. The highest BCUT2D eigenvalue weighted by Crippen LogP contribution is 2.48. The van der Waals surface area contributed by atoms with Gasteiger partial charge in [-0.25, -0.2) is 0 Å². The second-order valence-corrected chi connectivity index (χ2v) is 15.3. The fourth-order valence-electron chi connectivity index (χ4n) is 9.08. The summed E-state index contributed by atoms with van der Waals surface area (Å²) in [5.41, 5.74) is 12.1. The monoisotopic (exact) mass is 768 g/mol. The van der Waals surface area contributed by atoms with Gasteiger partial charge in [-0.1, -0.05) is 133 Å². The maximum atomic E-state index is 6.47. The minimum atomic E-state index is 0.849. The molecule has 12 rings (SSSR count). The average Bonchev–Trinajstić information content (AvgIpc) is 3.88. The molecule has 2 aromatic heterocycles. The number of benzene rings is 10. The van der Waals surface area contributed by atoms with Gasteiger partial charge in [-0.15, -0.1) is 0 Å². The molecule has 0 bridgehead atoms. The fraction of sp³-hybridized carbons (Fsp3) is 0. The summed E-state index contributed by atoms with van der Waals surface area (Å²) >= 11 is 0. The van der Waals surface area contributed by atoms with Gasteiger partial charge in [0, 0.05) is 44.5 Å². The van der Waals surface area contributed by atoms with Crippen molar-refractivity contribution in [3.8, 4) is 11.1 Å². The molecule has 0 unspecified atom stereocenters. The van der Waals surface area contributed by atoms with Gasteiger partial charge in [-0.2, -0.15) is 0 Å². The first kappa shape index (κ1) is 34.0. The number of hydrogen-bond acceptors (Lipinski definition) is 4. The van der Waals surface area contributed by atoms with Crippen molar-refractivity contribution >= 4 is 99.5 Å². The van der Waals surface area contributed by atoms with E-state index in [0.29, 0.717) is 0 Å². The minimum absolute atomic E-state index is 0.849. The zero-order valence-corrected chi connectivity index (χ0v) is 32.5. The number of nitrogens with zero attached hydrogens (tertiary/aromatic N) is 2. The number of furan rings is 2. The van der Waals surface area contributed by atoms with E-state index in [1.807, 2.05) is 24.3 Å². The molecule has 0 aliphatic carbocycles. The van der Waals surface area contributed by atoms with Gasteiger partial charge in [0.05, 0.1) is 16.8 Å². The normalized spacial score (nSPS) is 11.7. The molecule has 0 spiro atoms. The molecule has 0 atom stereocenters. The smallest absolute Gasteiger partial charge is 0.137 e. The molecular weight excluding hydrogens is 733 g/mol. The van der Waals surface area contributed by atoms with Crippen LogP contribution in [-0.2, 0) is 0 Å². The molecule has 282 valence electrons. The van der Waals surface area contributed by atoms with Gasteiger partial charge in [0.25, 0.3) is 0 Å². The summed E-state index contributed by atoms with van der Waals surface area (Å²) in [6, 6.07) is 77.6. The third-order valence-corrected chi connectivity index (χ3v) is 11.8. The zero-order chi connectivity index (χ0) is 39.6. The van der Waals surface area contributed by atoms with Crippen LogP contribution in [0.15, 0.2) is 227 Å². The Labute approximate surface area is 346 Å². The lowest BCUT2D eigenvalue weighted by Gasteiger charge is -2.31. The standard InChI is InChI=1S/C56H36N2O2/c1-3-15-37(16-4-1)44-21-7-10-24-50(44)58(51-25-14-28-54-56(51)46-23-9-12-27-53(46)59-54)42-20-13-19-41(34-42)57(40-17-5-2-6-18-40)43-32-31-38-29-30-39-33-55-49(36-48(39)47(38)35-43)45-22-8-11-26-52(45)60-55/h1-36H. The predicted molar refractivity (Wildman–Crippen MR) is 251 cm³/mol. The minimum Gasteiger partial charge on any atom is -0.456 e. The molecular formula is C56H36N2O2. The van der Waals surface area contributed by atoms with Gasteiger partial charge >= 0.3 is 0 Å². The molecule has 60 heavy (non-hydrogen) atoms. The number of rotatable bonds is 7. The van der Waals surface area contributed by atoms with E-state index in [4.69, 9.17) is 8.83 Å². The third-order valence-electron chi connectivity index (χ3n) is 11.8. The van der Waals surface area contributed by atoms with E-state index >= 15 is 0 Å². The number of para-hydroxylation sites is 4. The van der Waals surface area contributed by atoms with Crippen molar-refractivity contribution < 1.29 is 8.83 Å². The lowest BCUT2D eigenvalue weighted by atomic mass is 9.99. The molecule has 0 N–H and O–H groups in total. The number of hydrogen-bond donors (Lipinski definition) is 0. The van der Waals surface area contributed by atoms with Gasteiger partial charge in [0.2, 0.25) is 0 Å². The van der Waals surface area contributed by atoms with Crippen LogP contribution in [0.2, 0.25) is 0 Å². The Balaban J connectivity index is 1.08. The lowest BCUT2D eigenvalue weighted by molar-refractivity contribution is 0.669. The topological polar surface area (TPSA) is 32.8 Å². The quantitative estimate of drug-likeness (QED) is 0.151. The SMILES string of the molecule is c1ccc(-c2ccccc2N(c2cccc(N(c3ccccc3)c3ccc4ccc5cc6oc7ccccc7c6cc5c4c3)c2)c2cccc3oc4ccccc4c23)cc1. The van der Waals surface area contributed by atoms with Gasteiger partial charge in [0.1, 0.15) is 22.3 Å². The maximum Gasteiger partial charge on any atom is 0.137 e. The molecule has 0 aliphatic heterocycles. The number of fused-ring (bicyclic) bond motifs is 9. The van der Waals surface area contributed by atoms with Crippen LogP contribution >= 0.6 is 0 Å².